The van der Waals surface area contributed by atoms with Crippen LogP contribution in [0.5, 0.6) is 11.5 Å². The molecule has 0 saturated carbocycles. The first-order valence-electron chi connectivity index (χ1n) is 9.30. The number of carbonyl (C=O) groups excluding carboxylic acids is 1. The highest BCUT2D eigenvalue weighted by Gasteiger charge is 2.16. The van der Waals surface area contributed by atoms with Crippen LogP contribution in [0, 0.1) is 17.1 Å². The molecule has 1 N–H and O–H groups in total. The van der Waals surface area contributed by atoms with Crippen molar-refractivity contribution >= 4 is 28.7 Å². The zero-order valence-corrected chi connectivity index (χ0v) is 16.4. The van der Waals surface area contributed by atoms with Crippen molar-refractivity contribution < 1.29 is 18.7 Å². The number of nitrogens with one attached hydrogen (secondary N) is 1. The zero-order chi connectivity index (χ0) is 21.8. The summed E-state index contributed by atoms with van der Waals surface area (Å²) in [6.45, 7) is 0. The predicted octanol–water partition coefficient (Wildman–Crippen LogP) is 4.99. The molecule has 0 fully saturated rings. The molecule has 31 heavy (non-hydrogen) atoms. The van der Waals surface area contributed by atoms with Crippen molar-refractivity contribution in [3.8, 4) is 17.6 Å². The number of nitrogens with zero attached hydrogens (tertiary/aromatic N) is 2. The van der Waals surface area contributed by atoms with Gasteiger partial charge in [0, 0.05) is 0 Å². The number of aromatic amines is 1. The summed E-state index contributed by atoms with van der Waals surface area (Å²) >= 11 is 0. The van der Waals surface area contributed by atoms with Crippen molar-refractivity contribution in [2.75, 3.05) is 7.11 Å². The Kier molecular flexibility index (Phi) is 5.45. The van der Waals surface area contributed by atoms with Crippen LogP contribution in [0.4, 0.5) is 4.39 Å². The lowest BCUT2D eigenvalue weighted by atomic mass is 10.1. The number of esters is 1. The van der Waals surface area contributed by atoms with Crippen LogP contribution >= 0.6 is 0 Å². The molecule has 0 unspecified atom stereocenters. The van der Waals surface area contributed by atoms with Gasteiger partial charge in [-0.15, -0.1) is 0 Å². The van der Waals surface area contributed by atoms with Crippen LogP contribution in [-0.4, -0.2) is 23.0 Å². The van der Waals surface area contributed by atoms with Gasteiger partial charge in [-0.3, -0.25) is 0 Å². The Hall–Kier alpha value is -4.44. The van der Waals surface area contributed by atoms with E-state index in [4.69, 9.17) is 9.47 Å². The third-order valence-electron chi connectivity index (χ3n) is 4.56. The fourth-order valence-corrected chi connectivity index (χ4v) is 3.04. The lowest BCUT2D eigenvalue weighted by Gasteiger charge is -2.10. The van der Waals surface area contributed by atoms with E-state index < -0.39 is 11.8 Å². The summed E-state index contributed by atoms with van der Waals surface area (Å²) in [5.41, 5.74) is 2.37. The highest BCUT2D eigenvalue weighted by molar-refractivity contribution is 5.92. The Morgan fingerprint density at radius 1 is 1.10 bits per heavy atom. The Bertz CT molecular complexity index is 1320. The summed E-state index contributed by atoms with van der Waals surface area (Å²) in [4.78, 5) is 19.9. The van der Waals surface area contributed by atoms with Gasteiger partial charge in [0.1, 0.15) is 17.7 Å². The molecule has 3 aromatic carbocycles. The number of fused-ring (bicyclic) bond motifs is 1. The number of halogens is 1. The Morgan fingerprint density at radius 2 is 1.87 bits per heavy atom. The third kappa shape index (κ3) is 4.14. The standard InChI is InChI=1S/C24H16FN3O3/c1-30-22-13-15(10-11-21(22)31-24(29)17-6-2-3-7-18(17)25)12-16(14-26)23-27-19-8-4-5-9-20(19)28-23/h2-13H,1H3,(H,27,28)/b16-12+. The van der Waals surface area contributed by atoms with E-state index in [9.17, 15) is 14.4 Å². The SMILES string of the molecule is COc1cc(/C=C(\C#N)c2nc3ccccc3[nH]2)ccc1OC(=O)c1ccccc1F. The van der Waals surface area contributed by atoms with E-state index in [-0.39, 0.29) is 17.1 Å². The fraction of sp³-hybridized carbons (Fsp3) is 0.0417. The van der Waals surface area contributed by atoms with Gasteiger partial charge in [0.25, 0.3) is 0 Å². The molecule has 0 bridgehead atoms. The first-order chi connectivity index (χ1) is 15.1. The Balaban J connectivity index is 1.63. The number of nitriles is 1. The molecule has 0 aliphatic rings. The minimum absolute atomic E-state index is 0.134. The number of hydrogen-bond acceptors (Lipinski definition) is 5. The number of allylic oxidation sites excluding steroid dienone is 1. The fourth-order valence-electron chi connectivity index (χ4n) is 3.04. The lowest BCUT2D eigenvalue weighted by Crippen LogP contribution is -2.11. The molecule has 4 aromatic rings. The van der Waals surface area contributed by atoms with Crippen molar-refractivity contribution in [2.45, 2.75) is 0 Å². The Morgan fingerprint density at radius 3 is 2.61 bits per heavy atom. The topological polar surface area (TPSA) is 88.0 Å². The zero-order valence-electron chi connectivity index (χ0n) is 16.4. The average Bonchev–Trinajstić information content (AvgIpc) is 3.22. The molecule has 0 amide bonds. The molecule has 0 atom stereocenters. The quantitative estimate of drug-likeness (QED) is 0.283. The smallest absolute Gasteiger partial charge is 0.346 e. The maximum absolute atomic E-state index is 13.8. The first kappa shape index (κ1) is 19.9. The van der Waals surface area contributed by atoms with Gasteiger partial charge in [0.05, 0.1) is 29.3 Å². The van der Waals surface area contributed by atoms with Gasteiger partial charge < -0.3 is 14.5 Å². The van der Waals surface area contributed by atoms with Crippen LogP contribution in [-0.2, 0) is 0 Å². The van der Waals surface area contributed by atoms with Crippen LogP contribution in [0.2, 0.25) is 0 Å². The molecular weight excluding hydrogens is 397 g/mol. The normalized spacial score (nSPS) is 11.2. The predicted molar refractivity (Wildman–Crippen MR) is 114 cm³/mol. The average molecular weight is 413 g/mol. The number of ether oxygens (including phenoxy) is 2. The number of methoxy groups -OCH3 is 1. The van der Waals surface area contributed by atoms with Gasteiger partial charge >= 0.3 is 5.97 Å². The Labute approximate surface area is 177 Å². The van der Waals surface area contributed by atoms with Gasteiger partial charge in [-0.1, -0.05) is 30.3 Å². The van der Waals surface area contributed by atoms with E-state index in [2.05, 4.69) is 16.0 Å². The van der Waals surface area contributed by atoms with Gasteiger partial charge in [-0.2, -0.15) is 5.26 Å². The van der Waals surface area contributed by atoms with E-state index in [1.807, 2.05) is 24.3 Å². The van der Waals surface area contributed by atoms with E-state index in [0.717, 1.165) is 11.0 Å². The van der Waals surface area contributed by atoms with E-state index >= 15 is 0 Å². The molecule has 7 heteroatoms. The number of H-pyrrole nitrogens is 1. The number of hydrogen-bond donors (Lipinski definition) is 1. The molecule has 0 aliphatic heterocycles. The maximum Gasteiger partial charge on any atom is 0.346 e. The lowest BCUT2D eigenvalue weighted by molar-refractivity contribution is 0.0725. The minimum atomic E-state index is -0.834. The third-order valence-corrected chi connectivity index (χ3v) is 4.56. The van der Waals surface area contributed by atoms with E-state index in [1.54, 1.807) is 24.3 Å². The van der Waals surface area contributed by atoms with Crippen molar-refractivity contribution in [1.82, 2.24) is 9.97 Å². The number of benzene rings is 3. The molecule has 0 saturated heterocycles. The molecule has 0 aliphatic carbocycles. The number of imidazole rings is 1. The minimum Gasteiger partial charge on any atom is -0.493 e. The summed E-state index contributed by atoms with van der Waals surface area (Å²) in [5.74, 6) is -0.664. The monoisotopic (exact) mass is 413 g/mol. The van der Waals surface area contributed by atoms with Crippen molar-refractivity contribution in [3.05, 3.63) is 89.5 Å². The second-order valence-electron chi connectivity index (χ2n) is 6.55. The molecule has 4 rings (SSSR count). The summed E-state index contributed by atoms with van der Waals surface area (Å²) in [6.07, 6.45) is 1.64. The summed E-state index contributed by atoms with van der Waals surface area (Å²) < 4.78 is 24.5. The molecule has 6 nitrogen and oxygen atoms in total. The highest BCUT2D eigenvalue weighted by Crippen LogP contribution is 2.30. The van der Waals surface area contributed by atoms with Crippen LogP contribution in [0.3, 0.4) is 0 Å². The molecule has 0 spiro atoms. The van der Waals surface area contributed by atoms with Gasteiger partial charge in [0.15, 0.2) is 11.5 Å². The van der Waals surface area contributed by atoms with Gasteiger partial charge in [0.2, 0.25) is 0 Å². The molecule has 1 aromatic heterocycles. The largest absolute Gasteiger partial charge is 0.493 e. The van der Waals surface area contributed by atoms with Crippen LogP contribution < -0.4 is 9.47 Å². The van der Waals surface area contributed by atoms with Crippen LogP contribution in [0.25, 0.3) is 22.7 Å². The van der Waals surface area contributed by atoms with E-state index in [0.29, 0.717) is 17.0 Å². The summed E-state index contributed by atoms with van der Waals surface area (Å²) in [6, 6.07) is 20.0. The number of carbonyl (C=O) groups is 1. The summed E-state index contributed by atoms with van der Waals surface area (Å²) in [5, 5.41) is 9.60. The highest BCUT2D eigenvalue weighted by atomic mass is 19.1. The molecular formula is C24H16FN3O3. The summed E-state index contributed by atoms with van der Waals surface area (Å²) in [7, 11) is 1.42. The van der Waals surface area contributed by atoms with Crippen LogP contribution in [0.15, 0.2) is 66.7 Å². The maximum atomic E-state index is 13.8. The first-order valence-corrected chi connectivity index (χ1v) is 9.30. The van der Waals surface area contributed by atoms with Crippen LogP contribution in [0.1, 0.15) is 21.7 Å². The second-order valence-corrected chi connectivity index (χ2v) is 6.55. The van der Waals surface area contributed by atoms with Crippen molar-refractivity contribution in [1.29, 1.82) is 5.26 Å². The van der Waals surface area contributed by atoms with Crippen molar-refractivity contribution in [2.24, 2.45) is 0 Å². The van der Waals surface area contributed by atoms with Gasteiger partial charge in [-0.25, -0.2) is 14.2 Å². The molecule has 152 valence electrons. The molecule has 1 heterocycles. The van der Waals surface area contributed by atoms with Crippen molar-refractivity contribution in [3.63, 3.8) is 0 Å². The number of aromatic nitrogens is 2. The second kappa shape index (κ2) is 8.51. The number of rotatable bonds is 5. The number of para-hydroxylation sites is 2. The molecule has 0 radical (unpaired) electrons. The van der Waals surface area contributed by atoms with E-state index in [1.165, 1.54) is 31.4 Å². The van der Waals surface area contributed by atoms with Gasteiger partial charge in [-0.05, 0) is 48.0 Å².